The van der Waals surface area contributed by atoms with E-state index in [4.69, 9.17) is 4.74 Å². The van der Waals surface area contributed by atoms with Crippen molar-refractivity contribution < 1.29 is 14.3 Å². The number of nitrogens with one attached hydrogen (secondary N) is 1. The molecule has 1 aromatic heterocycles. The number of Topliss-reactive ketones (excluding diaryl/α,β-unsaturated/α-hetero) is 2. The molecule has 0 bridgehead atoms. The number of carbonyl (C=O) groups is 2. The molecular formula is C29H27N3O4. The highest BCUT2D eigenvalue weighted by Gasteiger charge is 2.31. The zero-order valence-corrected chi connectivity index (χ0v) is 20.1. The lowest BCUT2D eigenvalue weighted by Crippen LogP contribution is -2.36. The summed E-state index contributed by atoms with van der Waals surface area (Å²) in [4.78, 5) is 42.4. The van der Waals surface area contributed by atoms with Crippen LogP contribution in [0.4, 0.5) is 5.69 Å². The molecule has 5 rings (SSSR count). The molecule has 1 fully saturated rings. The summed E-state index contributed by atoms with van der Waals surface area (Å²) in [6, 6.07) is 22.7. The lowest BCUT2D eigenvalue weighted by Gasteiger charge is -2.24. The van der Waals surface area contributed by atoms with Crippen molar-refractivity contribution in [1.82, 2.24) is 9.55 Å². The minimum Gasteiger partial charge on any atom is -0.489 e. The summed E-state index contributed by atoms with van der Waals surface area (Å²) in [5.74, 6) is 0.960. The Hall–Kier alpha value is -4.26. The maximum atomic E-state index is 13.6. The van der Waals surface area contributed by atoms with Crippen LogP contribution in [0.1, 0.15) is 42.3 Å². The average Bonchev–Trinajstić information content (AvgIpc) is 2.88. The first-order valence-corrected chi connectivity index (χ1v) is 12.1. The summed E-state index contributed by atoms with van der Waals surface area (Å²) in [5.41, 5.74) is 3.10. The third kappa shape index (κ3) is 4.91. The minimum absolute atomic E-state index is 0.0745. The first-order chi connectivity index (χ1) is 17.5. The van der Waals surface area contributed by atoms with Crippen LogP contribution in [-0.2, 0) is 22.7 Å². The van der Waals surface area contributed by atoms with E-state index in [-0.39, 0.29) is 23.5 Å². The monoisotopic (exact) mass is 481 g/mol. The normalized spacial score (nSPS) is 15.8. The Morgan fingerprint density at radius 3 is 2.47 bits per heavy atom. The molecule has 1 aliphatic carbocycles. The van der Waals surface area contributed by atoms with Crippen LogP contribution in [0.15, 0.2) is 77.6 Å². The molecular weight excluding hydrogens is 454 g/mol. The Morgan fingerprint density at radius 1 is 0.944 bits per heavy atom. The van der Waals surface area contributed by atoms with E-state index < -0.39 is 6.04 Å². The predicted octanol–water partition coefficient (Wildman–Crippen LogP) is 4.76. The van der Waals surface area contributed by atoms with Crippen LogP contribution in [0.2, 0.25) is 0 Å². The Morgan fingerprint density at radius 2 is 1.72 bits per heavy atom. The molecule has 1 atom stereocenters. The van der Waals surface area contributed by atoms with Gasteiger partial charge in [-0.3, -0.25) is 19.0 Å². The number of benzene rings is 3. The van der Waals surface area contributed by atoms with Gasteiger partial charge in [-0.05, 0) is 48.7 Å². The molecule has 7 heteroatoms. The molecule has 1 heterocycles. The summed E-state index contributed by atoms with van der Waals surface area (Å²) in [6.07, 6.45) is 0.505. The molecule has 1 unspecified atom stereocenters. The van der Waals surface area contributed by atoms with Crippen LogP contribution in [0.5, 0.6) is 5.75 Å². The Kier molecular flexibility index (Phi) is 6.62. The summed E-state index contributed by atoms with van der Waals surface area (Å²) in [6.45, 7) is 2.74. The van der Waals surface area contributed by atoms with Gasteiger partial charge in [0.05, 0.1) is 23.4 Å². The van der Waals surface area contributed by atoms with Gasteiger partial charge in [0.25, 0.3) is 5.56 Å². The molecule has 1 N–H and O–H groups in total. The number of ether oxygens (including phenoxy) is 1. The standard InChI is InChI=1S/C29H27N3O4/c1-19-31-25-9-5-8-24(28(25)29(35)32(19)26-15-12-22(33)16-27(26)34)30-17-20-10-13-23(14-11-20)36-18-21-6-3-2-4-7-21/h2-11,13-14,26,30H,12,15-18H2,1H3. The smallest absolute Gasteiger partial charge is 0.264 e. The maximum Gasteiger partial charge on any atom is 0.264 e. The van der Waals surface area contributed by atoms with Crippen LogP contribution in [0.25, 0.3) is 10.9 Å². The first-order valence-electron chi connectivity index (χ1n) is 12.1. The largest absolute Gasteiger partial charge is 0.489 e. The molecule has 0 aliphatic heterocycles. The molecule has 1 saturated carbocycles. The van der Waals surface area contributed by atoms with Crippen LogP contribution in [0.3, 0.4) is 0 Å². The highest BCUT2D eigenvalue weighted by Crippen LogP contribution is 2.26. The molecule has 0 saturated heterocycles. The van der Waals surface area contributed by atoms with E-state index >= 15 is 0 Å². The number of fused-ring (bicyclic) bond motifs is 1. The summed E-state index contributed by atoms with van der Waals surface area (Å²) >= 11 is 0. The average molecular weight is 482 g/mol. The van der Waals surface area contributed by atoms with Gasteiger partial charge in [0.2, 0.25) is 0 Å². The summed E-state index contributed by atoms with van der Waals surface area (Å²) < 4.78 is 7.32. The van der Waals surface area contributed by atoms with Crippen molar-refractivity contribution in [3.05, 3.63) is 100 Å². The highest BCUT2D eigenvalue weighted by atomic mass is 16.5. The fraction of sp³-hybridized carbons (Fsp3) is 0.241. The van der Waals surface area contributed by atoms with E-state index in [0.717, 1.165) is 16.9 Å². The van der Waals surface area contributed by atoms with E-state index in [9.17, 15) is 14.4 Å². The Balaban J connectivity index is 1.34. The van der Waals surface area contributed by atoms with Gasteiger partial charge >= 0.3 is 0 Å². The van der Waals surface area contributed by atoms with E-state index in [1.54, 1.807) is 13.0 Å². The second kappa shape index (κ2) is 10.2. The molecule has 182 valence electrons. The van der Waals surface area contributed by atoms with E-state index in [2.05, 4.69) is 10.3 Å². The van der Waals surface area contributed by atoms with Crippen molar-refractivity contribution in [3.8, 4) is 5.75 Å². The lowest BCUT2D eigenvalue weighted by molar-refractivity contribution is -0.132. The molecule has 0 amide bonds. The van der Waals surface area contributed by atoms with Crippen LogP contribution in [0, 0.1) is 6.92 Å². The van der Waals surface area contributed by atoms with E-state index in [1.165, 1.54) is 4.57 Å². The zero-order chi connectivity index (χ0) is 25.1. The summed E-state index contributed by atoms with van der Waals surface area (Å²) in [5, 5.41) is 3.80. The lowest BCUT2D eigenvalue weighted by atomic mass is 9.92. The Bertz CT molecular complexity index is 1480. The number of hydrogen-bond donors (Lipinski definition) is 1. The van der Waals surface area contributed by atoms with Crippen LogP contribution in [-0.4, -0.2) is 21.1 Å². The van der Waals surface area contributed by atoms with Gasteiger partial charge in [-0.2, -0.15) is 0 Å². The molecule has 1 aliphatic rings. The van der Waals surface area contributed by atoms with Crippen molar-refractivity contribution in [2.75, 3.05) is 5.32 Å². The van der Waals surface area contributed by atoms with E-state index in [1.807, 2.05) is 66.7 Å². The number of nitrogens with zero attached hydrogens (tertiary/aromatic N) is 2. The third-order valence-electron chi connectivity index (χ3n) is 6.51. The molecule has 7 nitrogen and oxygen atoms in total. The predicted molar refractivity (Wildman–Crippen MR) is 138 cm³/mol. The number of hydrogen-bond acceptors (Lipinski definition) is 6. The summed E-state index contributed by atoms with van der Waals surface area (Å²) in [7, 11) is 0. The van der Waals surface area contributed by atoms with Gasteiger partial charge in [-0.15, -0.1) is 0 Å². The van der Waals surface area contributed by atoms with Gasteiger partial charge < -0.3 is 10.1 Å². The molecule has 0 spiro atoms. The fourth-order valence-electron chi connectivity index (χ4n) is 4.64. The van der Waals surface area contributed by atoms with Crippen molar-refractivity contribution >= 4 is 28.2 Å². The van der Waals surface area contributed by atoms with Crippen molar-refractivity contribution in [3.63, 3.8) is 0 Å². The second-order valence-corrected chi connectivity index (χ2v) is 9.04. The fourth-order valence-corrected chi connectivity index (χ4v) is 4.64. The first kappa shape index (κ1) is 23.5. The van der Waals surface area contributed by atoms with Gasteiger partial charge in [-0.1, -0.05) is 48.5 Å². The molecule has 4 aromatic rings. The number of aryl methyl sites for hydroxylation is 1. The van der Waals surface area contributed by atoms with E-state index in [0.29, 0.717) is 48.4 Å². The van der Waals surface area contributed by atoms with Gasteiger partial charge in [0, 0.05) is 18.7 Å². The Labute approximate surface area is 208 Å². The third-order valence-corrected chi connectivity index (χ3v) is 6.51. The van der Waals surface area contributed by atoms with Crippen molar-refractivity contribution in [2.45, 2.75) is 45.4 Å². The number of rotatable bonds is 7. The van der Waals surface area contributed by atoms with Crippen molar-refractivity contribution in [2.24, 2.45) is 0 Å². The number of carbonyl (C=O) groups excluding carboxylic acids is 2. The number of aromatic nitrogens is 2. The molecule has 0 radical (unpaired) electrons. The number of anilines is 1. The maximum absolute atomic E-state index is 13.6. The van der Waals surface area contributed by atoms with Gasteiger partial charge in [0.1, 0.15) is 24.0 Å². The minimum atomic E-state index is -0.649. The quantitative estimate of drug-likeness (QED) is 0.383. The van der Waals surface area contributed by atoms with Gasteiger partial charge in [-0.25, -0.2) is 4.98 Å². The SMILES string of the molecule is Cc1nc2cccc(NCc3ccc(OCc4ccccc4)cc3)c2c(=O)n1C1CCC(=O)CC1=O. The second-order valence-electron chi connectivity index (χ2n) is 9.04. The molecule has 36 heavy (non-hydrogen) atoms. The topological polar surface area (TPSA) is 90.3 Å². The van der Waals surface area contributed by atoms with Crippen LogP contribution >= 0.6 is 0 Å². The van der Waals surface area contributed by atoms with Crippen LogP contribution < -0.4 is 15.6 Å². The van der Waals surface area contributed by atoms with Gasteiger partial charge in [0.15, 0.2) is 5.78 Å². The van der Waals surface area contributed by atoms with Crippen molar-refractivity contribution in [1.29, 1.82) is 0 Å². The molecule has 3 aromatic carbocycles. The number of ketones is 2. The highest BCUT2D eigenvalue weighted by molar-refractivity contribution is 6.03. The zero-order valence-electron chi connectivity index (χ0n) is 20.1.